The molecule has 7 heteroatoms. The molecule has 2 amide bonds. The van der Waals surface area contributed by atoms with Crippen LogP contribution >= 0.6 is 0 Å². The molecule has 1 aliphatic heterocycles. The fourth-order valence-corrected chi connectivity index (χ4v) is 4.37. The number of nitrogens with one attached hydrogen (secondary N) is 2. The Labute approximate surface area is 195 Å². The summed E-state index contributed by atoms with van der Waals surface area (Å²) in [6, 6.07) is 10.2. The van der Waals surface area contributed by atoms with E-state index in [-0.39, 0.29) is 23.8 Å². The molecular weight excluding hydrogens is 418 g/mol. The van der Waals surface area contributed by atoms with Gasteiger partial charge in [-0.1, -0.05) is 30.3 Å². The van der Waals surface area contributed by atoms with Crippen LogP contribution in [0.25, 0.3) is 0 Å². The maximum absolute atomic E-state index is 13.2. The molecular formula is C26H35N3O4. The number of amides is 2. The van der Waals surface area contributed by atoms with E-state index in [2.05, 4.69) is 22.4 Å². The molecule has 0 spiro atoms. The largest absolute Gasteiger partial charge is 0.459 e. The zero-order valence-corrected chi connectivity index (χ0v) is 20.1. The molecule has 1 saturated heterocycles. The molecule has 0 aliphatic carbocycles. The van der Waals surface area contributed by atoms with Crippen molar-refractivity contribution in [2.24, 2.45) is 5.92 Å². The van der Waals surface area contributed by atoms with E-state index in [4.69, 9.17) is 4.74 Å². The van der Waals surface area contributed by atoms with Crippen molar-refractivity contribution in [1.82, 2.24) is 15.2 Å². The van der Waals surface area contributed by atoms with Crippen molar-refractivity contribution >= 4 is 17.8 Å². The minimum Gasteiger partial charge on any atom is -0.459 e. The predicted molar refractivity (Wildman–Crippen MR) is 127 cm³/mol. The van der Waals surface area contributed by atoms with Gasteiger partial charge in [0, 0.05) is 25.3 Å². The maximum atomic E-state index is 13.2. The Morgan fingerprint density at radius 2 is 1.91 bits per heavy atom. The molecule has 1 aromatic heterocycles. The third-order valence-electron chi connectivity index (χ3n) is 6.06. The molecule has 0 bridgehead atoms. The van der Waals surface area contributed by atoms with E-state index in [0.29, 0.717) is 42.1 Å². The Balaban J connectivity index is 1.57. The van der Waals surface area contributed by atoms with Crippen molar-refractivity contribution in [1.29, 1.82) is 0 Å². The van der Waals surface area contributed by atoms with Crippen LogP contribution < -0.4 is 5.32 Å². The van der Waals surface area contributed by atoms with Gasteiger partial charge in [-0.2, -0.15) is 0 Å². The normalized spacial score (nSPS) is 16.0. The first-order chi connectivity index (χ1) is 15.8. The molecule has 33 heavy (non-hydrogen) atoms. The molecule has 0 unspecified atom stereocenters. The third-order valence-corrected chi connectivity index (χ3v) is 6.06. The molecule has 1 aromatic carbocycles. The lowest BCUT2D eigenvalue weighted by molar-refractivity contribution is -0.126. The SMILES string of the molecule is Cc1[nH]c(C(=O)N2CCC[C@H](C(=O)NCCCc3ccccc3)C2)c(C)c1C(=O)OC(C)C. The van der Waals surface area contributed by atoms with Crippen LogP contribution in [-0.2, 0) is 16.0 Å². The predicted octanol–water partition coefficient (Wildman–Crippen LogP) is 3.80. The van der Waals surface area contributed by atoms with Crippen LogP contribution in [0, 0.1) is 19.8 Å². The Morgan fingerprint density at radius 1 is 1.18 bits per heavy atom. The van der Waals surface area contributed by atoms with Crippen molar-refractivity contribution in [2.75, 3.05) is 19.6 Å². The van der Waals surface area contributed by atoms with E-state index in [1.165, 1.54) is 5.56 Å². The molecule has 2 aromatic rings. The van der Waals surface area contributed by atoms with Gasteiger partial charge in [0.2, 0.25) is 5.91 Å². The second-order valence-electron chi connectivity index (χ2n) is 9.05. The second kappa shape index (κ2) is 11.2. The number of aryl methyl sites for hydroxylation is 2. The van der Waals surface area contributed by atoms with Crippen molar-refractivity contribution in [3.8, 4) is 0 Å². The van der Waals surface area contributed by atoms with Gasteiger partial charge >= 0.3 is 5.97 Å². The van der Waals surface area contributed by atoms with E-state index in [1.54, 1.807) is 32.6 Å². The van der Waals surface area contributed by atoms with E-state index in [0.717, 1.165) is 25.7 Å². The van der Waals surface area contributed by atoms with Crippen molar-refractivity contribution < 1.29 is 19.1 Å². The van der Waals surface area contributed by atoms with E-state index < -0.39 is 5.97 Å². The number of carbonyl (C=O) groups excluding carboxylic acids is 3. The quantitative estimate of drug-likeness (QED) is 0.470. The van der Waals surface area contributed by atoms with E-state index >= 15 is 0 Å². The average molecular weight is 454 g/mol. The lowest BCUT2D eigenvalue weighted by atomic mass is 9.96. The number of carbonyl (C=O) groups is 3. The molecule has 0 saturated carbocycles. The summed E-state index contributed by atoms with van der Waals surface area (Å²) in [4.78, 5) is 43.2. The van der Waals surface area contributed by atoms with Crippen LogP contribution in [0.2, 0.25) is 0 Å². The fourth-order valence-electron chi connectivity index (χ4n) is 4.37. The van der Waals surface area contributed by atoms with E-state index in [9.17, 15) is 14.4 Å². The number of nitrogens with zero attached hydrogens (tertiary/aromatic N) is 1. The highest BCUT2D eigenvalue weighted by atomic mass is 16.5. The van der Waals surface area contributed by atoms with Gasteiger partial charge in [-0.3, -0.25) is 9.59 Å². The fraction of sp³-hybridized carbons (Fsp3) is 0.500. The molecule has 178 valence electrons. The number of esters is 1. The standard InChI is InChI=1S/C26H35N3O4/c1-17(2)33-26(32)22-18(3)23(28-19(22)4)25(31)29-15-9-13-21(16-29)24(30)27-14-8-12-20-10-6-5-7-11-20/h5-7,10-11,17,21,28H,8-9,12-16H2,1-4H3,(H,27,30)/t21-/m0/s1. The number of ether oxygens (including phenoxy) is 1. The zero-order chi connectivity index (χ0) is 24.0. The first kappa shape index (κ1) is 24.6. The molecule has 2 N–H and O–H groups in total. The number of aromatic nitrogens is 1. The average Bonchev–Trinajstić information content (AvgIpc) is 3.10. The Hall–Kier alpha value is -3.09. The summed E-state index contributed by atoms with van der Waals surface area (Å²) in [7, 11) is 0. The maximum Gasteiger partial charge on any atom is 0.340 e. The number of rotatable bonds is 8. The van der Waals surface area contributed by atoms with Crippen LogP contribution in [0.15, 0.2) is 30.3 Å². The summed E-state index contributed by atoms with van der Waals surface area (Å²) < 4.78 is 5.32. The molecule has 1 atom stereocenters. The smallest absolute Gasteiger partial charge is 0.340 e. The summed E-state index contributed by atoms with van der Waals surface area (Å²) in [5.41, 5.74) is 3.28. The number of likely N-dealkylation sites (tertiary alicyclic amines) is 1. The van der Waals surface area contributed by atoms with Gasteiger partial charge in [0.05, 0.1) is 17.6 Å². The summed E-state index contributed by atoms with van der Waals surface area (Å²) in [6.07, 6.45) is 3.10. The van der Waals surface area contributed by atoms with E-state index in [1.807, 2.05) is 18.2 Å². The van der Waals surface area contributed by atoms with Gasteiger partial charge < -0.3 is 19.9 Å². The highest BCUT2D eigenvalue weighted by Gasteiger charge is 2.31. The number of benzene rings is 1. The van der Waals surface area contributed by atoms with Crippen molar-refractivity contribution in [3.63, 3.8) is 0 Å². The van der Waals surface area contributed by atoms with Gasteiger partial charge in [-0.15, -0.1) is 0 Å². The molecule has 0 radical (unpaired) electrons. The summed E-state index contributed by atoms with van der Waals surface area (Å²) in [6.45, 7) is 8.71. The van der Waals surface area contributed by atoms with Crippen molar-refractivity contribution in [3.05, 3.63) is 58.4 Å². The van der Waals surface area contributed by atoms with Gasteiger partial charge in [-0.25, -0.2) is 4.79 Å². The molecule has 2 heterocycles. The number of aromatic amines is 1. The number of hydrogen-bond donors (Lipinski definition) is 2. The minimum absolute atomic E-state index is 0.00106. The number of piperidine rings is 1. The Kier molecular flexibility index (Phi) is 8.31. The van der Waals surface area contributed by atoms with Crippen LogP contribution in [0.4, 0.5) is 0 Å². The highest BCUT2D eigenvalue weighted by Crippen LogP contribution is 2.24. The van der Waals surface area contributed by atoms with Crippen LogP contribution in [0.5, 0.6) is 0 Å². The lowest BCUT2D eigenvalue weighted by Gasteiger charge is -2.32. The number of H-pyrrole nitrogens is 1. The molecule has 7 nitrogen and oxygen atoms in total. The first-order valence-corrected chi connectivity index (χ1v) is 11.8. The van der Waals surface area contributed by atoms with Crippen molar-refractivity contribution in [2.45, 2.75) is 59.5 Å². The van der Waals surface area contributed by atoms with Gasteiger partial charge in [0.1, 0.15) is 5.69 Å². The number of hydrogen-bond acceptors (Lipinski definition) is 4. The molecule has 1 aliphatic rings. The minimum atomic E-state index is -0.429. The first-order valence-electron chi connectivity index (χ1n) is 11.8. The van der Waals surface area contributed by atoms with Crippen LogP contribution in [-0.4, -0.2) is 53.4 Å². The van der Waals surface area contributed by atoms with Gasteiger partial charge in [-0.05, 0) is 64.5 Å². The second-order valence-corrected chi connectivity index (χ2v) is 9.05. The molecule has 1 fully saturated rings. The monoisotopic (exact) mass is 453 g/mol. The van der Waals surface area contributed by atoms with Gasteiger partial charge in [0.25, 0.3) is 5.91 Å². The highest BCUT2D eigenvalue weighted by molar-refractivity contribution is 6.00. The van der Waals surface area contributed by atoms with Crippen LogP contribution in [0.3, 0.4) is 0 Å². The van der Waals surface area contributed by atoms with Gasteiger partial charge in [0.15, 0.2) is 0 Å². The summed E-state index contributed by atoms with van der Waals surface area (Å²) in [5, 5.41) is 3.03. The zero-order valence-electron chi connectivity index (χ0n) is 20.1. The summed E-state index contributed by atoms with van der Waals surface area (Å²) >= 11 is 0. The lowest BCUT2D eigenvalue weighted by Crippen LogP contribution is -2.45. The molecule has 3 rings (SSSR count). The Bertz CT molecular complexity index is 981. The topological polar surface area (TPSA) is 91.5 Å². The third kappa shape index (κ3) is 6.24. The summed E-state index contributed by atoms with van der Waals surface area (Å²) in [5.74, 6) is -0.829. The Morgan fingerprint density at radius 3 is 2.61 bits per heavy atom. The van der Waals surface area contributed by atoms with Crippen LogP contribution in [0.1, 0.15) is 70.8 Å².